The second-order valence-corrected chi connectivity index (χ2v) is 8.77. The Bertz CT molecular complexity index is 581. The van der Waals surface area contributed by atoms with E-state index in [0.29, 0.717) is 24.8 Å². The Morgan fingerprint density at radius 1 is 1.26 bits per heavy atom. The first-order chi connectivity index (χ1) is 11.1. The normalized spacial score (nSPS) is 25.7. The molecule has 1 aliphatic carbocycles. The fraction of sp³-hybridized carbons (Fsp3) is 0.812. The fourth-order valence-corrected chi connectivity index (χ4v) is 5.77. The molecule has 2 fully saturated rings. The van der Waals surface area contributed by atoms with Crippen LogP contribution in [0.3, 0.4) is 0 Å². The smallest absolute Gasteiger partial charge is 0.214 e. The van der Waals surface area contributed by atoms with Crippen LogP contribution < -0.4 is 0 Å². The van der Waals surface area contributed by atoms with E-state index in [-0.39, 0.29) is 6.04 Å². The largest absolute Gasteiger partial charge is 0.347 e. The van der Waals surface area contributed by atoms with Crippen LogP contribution in [0.1, 0.15) is 50.9 Å². The van der Waals surface area contributed by atoms with Crippen molar-refractivity contribution < 1.29 is 8.42 Å². The van der Waals surface area contributed by atoms with Gasteiger partial charge in [0.05, 0.1) is 11.8 Å². The summed E-state index contributed by atoms with van der Waals surface area (Å²) in [7, 11) is -3.17. The third-order valence-electron chi connectivity index (χ3n) is 5.26. The van der Waals surface area contributed by atoms with Gasteiger partial charge < -0.3 is 4.98 Å². The van der Waals surface area contributed by atoms with E-state index in [4.69, 9.17) is 0 Å². The number of nitrogens with one attached hydrogen (secondary N) is 1. The van der Waals surface area contributed by atoms with E-state index in [2.05, 4.69) is 21.8 Å². The quantitative estimate of drug-likeness (QED) is 0.890. The molecule has 1 atom stereocenters. The summed E-state index contributed by atoms with van der Waals surface area (Å²) in [6, 6.07) is 0.0323. The molecule has 1 N–H and O–H groups in total. The lowest BCUT2D eigenvalue weighted by atomic mass is 9.91. The first-order valence-corrected chi connectivity index (χ1v) is 10.4. The molecular weight excluding hydrogens is 312 g/mol. The van der Waals surface area contributed by atoms with Gasteiger partial charge in [-0.3, -0.25) is 4.90 Å². The Morgan fingerprint density at radius 2 is 2.04 bits per heavy atom. The molecule has 7 heteroatoms. The summed E-state index contributed by atoms with van der Waals surface area (Å²) in [6.07, 6.45) is 9.28. The SMILES string of the molecule is CCN1CCN(S(=O)(=O)CC2CCCCC2)CC1c1ncc[nH]1. The number of likely N-dealkylation sites (N-methyl/N-ethyl adjacent to an activating group) is 1. The van der Waals surface area contributed by atoms with Crippen LogP contribution >= 0.6 is 0 Å². The van der Waals surface area contributed by atoms with Crippen LogP contribution in [-0.2, 0) is 10.0 Å². The van der Waals surface area contributed by atoms with Crippen molar-refractivity contribution in [3.05, 3.63) is 18.2 Å². The molecule has 23 heavy (non-hydrogen) atoms. The Hall–Kier alpha value is -0.920. The number of piperazine rings is 1. The first-order valence-electron chi connectivity index (χ1n) is 8.81. The number of hydrogen-bond donors (Lipinski definition) is 1. The number of hydrogen-bond acceptors (Lipinski definition) is 4. The molecule has 1 aliphatic heterocycles. The molecule has 0 bridgehead atoms. The van der Waals surface area contributed by atoms with Crippen molar-refractivity contribution in [2.75, 3.05) is 31.9 Å². The van der Waals surface area contributed by atoms with Crippen molar-refractivity contribution in [3.63, 3.8) is 0 Å². The van der Waals surface area contributed by atoms with E-state index in [0.717, 1.165) is 31.8 Å². The highest BCUT2D eigenvalue weighted by Crippen LogP contribution is 2.28. The Kier molecular flexibility index (Phi) is 5.38. The Balaban J connectivity index is 1.69. The van der Waals surface area contributed by atoms with Crippen molar-refractivity contribution in [1.29, 1.82) is 0 Å². The van der Waals surface area contributed by atoms with Crippen molar-refractivity contribution in [2.45, 2.75) is 45.1 Å². The fourth-order valence-electron chi connectivity index (χ4n) is 3.90. The lowest BCUT2D eigenvalue weighted by molar-refractivity contribution is 0.119. The molecule has 0 aromatic carbocycles. The molecule has 0 radical (unpaired) electrons. The lowest BCUT2D eigenvalue weighted by Gasteiger charge is -2.39. The second-order valence-electron chi connectivity index (χ2n) is 6.76. The summed E-state index contributed by atoms with van der Waals surface area (Å²) >= 11 is 0. The van der Waals surface area contributed by atoms with Gasteiger partial charge >= 0.3 is 0 Å². The molecule has 0 spiro atoms. The molecule has 1 aromatic heterocycles. The van der Waals surface area contributed by atoms with E-state index >= 15 is 0 Å². The zero-order valence-corrected chi connectivity index (χ0v) is 14.8. The standard InChI is InChI=1S/C16H28N4O2S/c1-2-19-10-11-20(12-15(19)16-17-8-9-18-16)23(21,22)13-14-6-4-3-5-7-14/h8-9,14-15H,2-7,10-13H2,1H3,(H,17,18). The Labute approximate surface area is 139 Å². The molecule has 6 nitrogen and oxygen atoms in total. The van der Waals surface area contributed by atoms with Crippen LogP contribution in [0, 0.1) is 5.92 Å². The highest BCUT2D eigenvalue weighted by molar-refractivity contribution is 7.89. The number of aromatic amines is 1. The minimum Gasteiger partial charge on any atom is -0.347 e. The van der Waals surface area contributed by atoms with E-state index in [1.165, 1.54) is 19.3 Å². The molecule has 1 saturated heterocycles. The van der Waals surface area contributed by atoms with Gasteiger partial charge in [0.2, 0.25) is 10.0 Å². The minimum atomic E-state index is -3.17. The van der Waals surface area contributed by atoms with Crippen molar-refractivity contribution in [3.8, 4) is 0 Å². The number of rotatable bonds is 5. The maximum absolute atomic E-state index is 12.8. The van der Waals surface area contributed by atoms with Gasteiger partial charge in [-0.25, -0.2) is 13.4 Å². The average Bonchev–Trinajstić information content (AvgIpc) is 3.09. The summed E-state index contributed by atoms with van der Waals surface area (Å²) in [5, 5.41) is 0. The number of nitrogens with zero attached hydrogens (tertiary/aromatic N) is 3. The summed E-state index contributed by atoms with van der Waals surface area (Å²) in [6.45, 7) is 4.90. The summed E-state index contributed by atoms with van der Waals surface area (Å²) < 4.78 is 27.4. The highest BCUT2D eigenvalue weighted by Gasteiger charge is 2.35. The van der Waals surface area contributed by atoms with Gasteiger partial charge in [-0.15, -0.1) is 0 Å². The molecule has 2 heterocycles. The van der Waals surface area contributed by atoms with Gasteiger partial charge in [-0.1, -0.05) is 26.2 Å². The molecule has 2 aliphatic rings. The molecule has 1 aromatic rings. The van der Waals surface area contributed by atoms with Crippen molar-refractivity contribution in [1.82, 2.24) is 19.2 Å². The molecule has 130 valence electrons. The van der Waals surface area contributed by atoms with Gasteiger partial charge in [0.1, 0.15) is 5.82 Å². The maximum atomic E-state index is 12.8. The summed E-state index contributed by atoms with van der Waals surface area (Å²) in [5.41, 5.74) is 0. The molecule has 1 saturated carbocycles. The number of sulfonamides is 1. The monoisotopic (exact) mass is 340 g/mol. The number of aromatic nitrogens is 2. The van der Waals surface area contributed by atoms with E-state index < -0.39 is 10.0 Å². The van der Waals surface area contributed by atoms with E-state index in [1.807, 2.05) is 0 Å². The topological polar surface area (TPSA) is 69.3 Å². The summed E-state index contributed by atoms with van der Waals surface area (Å²) in [4.78, 5) is 9.80. The first kappa shape index (κ1) is 16.9. The van der Waals surface area contributed by atoms with Crippen LogP contribution in [0.5, 0.6) is 0 Å². The van der Waals surface area contributed by atoms with Crippen LogP contribution in [0.2, 0.25) is 0 Å². The Morgan fingerprint density at radius 3 is 2.70 bits per heavy atom. The predicted molar refractivity (Wildman–Crippen MR) is 90.5 cm³/mol. The van der Waals surface area contributed by atoms with Crippen LogP contribution in [0.4, 0.5) is 0 Å². The number of imidazole rings is 1. The van der Waals surface area contributed by atoms with Gasteiger partial charge in [0, 0.05) is 32.0 Å². The second kappa shape index (κ2) is 7.32. The minimum absolute atomic E-state index is 0.0323. The van der Waals surface area contributed by atoms with Crippen LogP contribution in [-0.4, -0.2) is 59.5 Å². The molecular formula is C16H28N4O2S. The van der Waals surface area contributed by atoms with E-state index in [1.54, 1.807) is 16.7 Å². The van der Waals surface area contributed by atoms with Gasteiger partial charge in [0.15, 0.2) is 0 Å². The third kappa shape index (κ3) is 3.95. The van der Waals surface area contributed by atoms with Crippen molar-refractivity contribution >= 4 is 10.0 Å². The average molecular weight is 340 g/mol. The highest BCUT2D eigenvalue weighted by atomic mass is 32.2. The zero-order chi connectivity index (χ0) is 16.3. The van der Waals surface area contributed by atoms with Gasteiger partial charge in [0.25, 0.3) is 0 Å². The van der Waals surface area contributed by atoms with Gasteiger partial charge in [-0.2, -0.15) is 4.31 Å². The predicted octanol–water partition coefficient (Wildman–Crippen LogP) is 2.00. The summed E-state index contributed by atoms with van der Waals surface area (Å²) in [5.74, 6) is 1.54. The molecule has 0 amide bonds. The third-order valence-corrected chi connectivity index (χ3v) is 7.27. The lowest BCUT2D eigenvalue weighted by Crippen LogP contribution is -2.51. The van der Waals surface area contributed by atoms with Crippen LogP contribution in [0.25, 0.3) is 0 Å². The number of H-pyrrole nitrogens is 1. The van der Waals surface area contributed by atoms with E-state index in [9.17, 15) is 8.42 Å². The molecule has 1 unspecified atom stereocenters. The maximum Gasteiger partial charge on any atom is 0.214 e. The van der Waals surface area contributed by atoms with Crippen LogP contribution in [0.15, 0.2) is 12.4 Å². The molecule has 3 rings (SSSR count). The van der Waals surface area contributed by atoms with Gasteiger partial charge in [-0.05, 0) is 25.3 Å². The van der Waals surface area contributed by atoms with Crippen molar-refractivity contribution in [2.24, 2.45) is 5.92 Å². The zero-order valence-electron chi connectivity index (χ0n) is 13.9.